The maximum atomic E-state index is 12.6. The Kier molecular flexibility index (Phi) is 3.62. The molecule has 1 amide bonds. The molecule has 1 aliphatic carbocycles. The van der Waals surface area contributed by atoms with Gasteiger partial charge in [-0.3, -0.25) is 9.78 Å². The van der Waals surface area contributed by atoms with Crippen molar-refractivity contribution < 1.29 is 4.79 Å². The number of nitriles is 1. The number of anilines is 1. The Morgan fingerprint density at radius 2 is 2.12 bits per heavy atom. The molecule has 0 aromatic carbocycles. The fraction of sp³-hybridized carbons (Fsp3) is 0.333. The van der Waals surface area contributed by atoms with E-state index in [4.69, 9.17) is 5.26 Å². The minimum atomic E-state index is -0.0799. The van der Waals surface area contributed by atoms with Crippen LogP contribution >= 0.6 is 0 Å². The van der Waals surface area contributed by atoms with E-state index in [0.29, 0.717) is 24.0 Å². The number of carbonyl (C=O) groups excluding carboxylic acids is 1. The maximum Gasteiger partial charge on any atom is 0.225 e. The molecule has 2 aromatic rings. The highest BCUT2D eigenvalue weighted by atomic mass is 16.2. The molecule has 0 radical (unpaired) electrons. The summed E-state index contributed by atoms with van der Waals surface area (Å²) < 4.78 is 0. The molecule has 2 aliphatic rings. The number of hydrogen-bond acceptors (Lipinski definition) is 5. The summed E-state index contributed by atoms with van der Waals surface area (Å²) in [7, 11) is 0. The lowest BCUT2D eigenvalue weighted by molar-refractivity contribution is -0.129. The summed E-state index contributed by atoms with van der Waals surface area (Å²) in [6, 6.07) is 11.5. The van der Waals surface area contributed by atoms with E-state index in [9.17, 15) is 4.79 Å². The van der Waals surface area contributed by atoms with Gasteiger partial charge < -0.3 is 10.2 Å². The molecule has 1 aliphatic heterocycles. The summed E-state index contributed by atoms with van der Waals surface area (Å²) in [6.45, 7) is 0. The number of nitrogens with one attached hydrogen (secondary N) is 1. The first-order valence-electron chi connectivity index (χ1n) is 8.11. The molecule has 2 atom stereocenters. The van der Waals surface area contributed by atoms with Gasteiger partial charge in [0.05, 0.1) is 12.1 Å². The predicted octanol–water partition coefficient (Wildman–Crippen LogP) is 2.26. The van der Waals surface area contributed by atoms with Crippen LogP contribution in [0, 0.1) is 11.3 Å². The van der Waals surface area contributed by atoms with Crippen LogP contribution in [0.4, 0.5) is 5.82 Å². The summed E-state index contributed by atoms with van der Waals surface area (Å²) in [4.78, 5) is 23.0. The van der Waals surface area contributed by atoms with E-state index in [-0.39, 0.29) is 18.0 Å². The van der Waals surface area contributed by atoms with E-state index < -0.39 is 0 Å². The molecule has 0 unspecified atom stereocenters. The number of aromatic nitrogens is 2. The lowest BCUT2D eigenvalue weighted by Gasteiger charge is -2.29. The smallest absolute Gasteiger partial charge is 0.225 e. The van der Waals surface area contributed by atoms with Crippen LogP contribution in [0.3, 0.4) is 0 Å². The zero-order valence-electron chi connectivity index (χ0n) is 13.1. The second-order valence-electron chi connectivity index (χ2n) is 6.24. The Morgan fingerprint density at radius 3 is 2.83 bits per heavy atom. The van der Waals surface area contributed by atoms with E-state index in [1.807, 2.05) is 35.4 Å². The minimum absolute atomic E-state index is 0.0498. The quantitative estimate of drug-likeness (QED) is 0.935. The summed E-state index contributed by atoms with van der Waals surface area (Å²) in [5, 5.41) is 12.4. The van der Waals surface area contributed by atoms with Crippen molar-refractivity contribution in [2.45, 2.75) is 37.4 Å². The standard InChI is InChI=1S/C18H17N5O/c19-10-13-4-1-5-16(21-13)22-15-9-17(24)23(14-6-7-14)18(15)12-3-2-8-20-11-12/h1-5,8,11,14-15,18H,6-7,9H2,(H,21,22)/t15-,18+/m1/s1. The van der Waals surface area contributed by atoms with Crippen LogP contribution in [0.2, 0.25) is 0 Å². The van der Waals surface area contributed by atoms with Crippen molar-refractivity contribution in [2.24, 2.45) is 0 Å². The number of amides is 1. The van der Waals surface area contributed by atoms with Crippen LogP contribution in [0.25, 0.3) is 0 Å². The Morgan fingerprint density at radius 1 is 1.25 bits per heavy atom. The first-order chi connectivity index (χ1) is 11.8. The van der Waals surface area contributed by atoms with Gasteiger partial charge in [0.2, 0.25) is 5.91 Å². The monoisotopic (exact) mass is 319 g/mol. The number of pyridine rings is 2. The summed E-state index contributed by atoms with van der Waals surface area (Å²) in [5.74, 6) is 0.790. The van der Waals surface area contributed by atoms with Gasteiger partial charge in [0.15, 0.2) is 0 Å². The molecule has 1 saturated heterocycles. The average molecular weight is 319 g/mol. The SMILES string of the molecule is N#Cc1cccc(N[C@@H]2CC(=O)N(C3CC3)[C@H]2c2cccnc2)n1. The molecule has 24 heavy (non-hydrogen) atoms. The Hall–Kier alpha value is -2.94. The van der Waals surface area contributed by atoms with Crippen molar-refractivity contribution in [3.8, 4) is 6.07 Å². The van der Waals surface area contributed by atoms with E-state index in [2.05, 4.69) is 15.3 Å². The fourth-order valence-electron chi connectivity index (χ4n) is 3.38. The third-order valence-electron chi connectivity index (χ3n) is 4.53. The number of carbonyl (C=O) groups is 1. The van der Waals surface area contributed by atoms with E-state index in [1.54, 1.807) is 18.3 Å². The first kappa shape index (κ1) is 14.6. The van der Waals surface area contributed by atoms with Gasteiger partial charge in [-0.1, -0.05) is 12.1 Å². The number of likely N-dealkylation sites (tertiary alicyclic amines) is 1. The molecule has 6 nitrogen and oxygen atoms in total. The molecule has 1 saturated carbocycles. The van der Waals surface area contributed by atoms with Gasteiger partial charge in [-0.25, -0.2) is 4.98 Å². The van der Waals surface area contributed by atoms with Crippen molar-refractivity contribution in [2.75, 3.05) is 5.32 Å². The van der Waals surface area contributed by atoms with Crippen LogP contribution < -0.4 is 5.32 Å². The van der Waals surface area contributed by atoms with Crippen LogP contribution in [0.15, 0.2) is 42.7 Å². The molecule has 4 rings (SSSR count). The van der Waals surface area contributed by atoms with Crippen molar-refractivity contribution in [3.63, 3.8) is 0 Å². The van der Waals surface area contributed by atoms with Crippen LogP contribution in [-0.2, 0) is 4.79 Å². The molecule has 1 N–H and O–H groups in total. The van der Waals surface area contributed by atoms with Crippen molar-refractivity contribution in [3.05, 3.63) is 54.0 Å². The predicted molar refractivity (Wildman–Crippen MR) is 87.8 cm³/mol. The number of nitrogens with zero attached hydrogens (tertiary/aromatic N) is 4. The highest BCUT2D eigenvalue weighted by Gasteiger charge is 2.47. The van der Waals surface area contributed by atoms with Gasteiger partial charge >= 0.3 is 0 Å². The lowest BCUT2D eigenvalue weighted by atomic mass is 10.0. The van der Waals surface area contributed by atoms with Crippen LogP contribution in [0.5, 0.6) is 0 Å². The van der Waals surface area contributed by atoms with Gasteiger partial charge in [-0.2, -0.15) is 5.26 Å². The fourth-order valence-corrected chi connectivity index (χ4v) is 3.38. The summed E-state index contributed by atoms with van der Waals surface area (Å²) in [5.41, 5.74) is 1.39. The second-order valence-corrected chi connectivity index (χ2v) is 6.24. The third-order valence-corrected chi connectivity index (χ3v) is 4.53. The molecule has 0 bridgehead atoms. The summed E-state index contributed by atoms with van der Waals surface area (Å²) >= 11 is 0. The molecule has 6 heteroatoms. The van der Waals surface area contributed by atoms with Crippen molar-refractivity contribution in [1.29, 1.82) is 5.26 Å². The highest BCUT2D eigenvalue weighted by Crippen LogP contribution is 2.42. The van der Waals surface area contributed by atoms with Gasteiger partial charge in [0, 0.05) is 24.9 Å². The molecule has 3 heterocycles. The van der Waals surface area contributed by atoms with Crippen LogP contribution in [0.1, 0.15) is 36.6 Å². The van der Waals surface area contributed by atoms with Crippen molar-refractivity contribution in [1.82, 2.24) is 14.9 Å². The largest absolute Gasteiger partial charge is 0.364 e. The van der Waals surface area contributed by atoms with E-state index >= 15 is 0 Å². The minimum Gasteiger partial charge on any atom is -0.364 e. The molecule has 0 spiro atoms. The van der Waals surface area contributed by atoms with E-state index in [0.717, 1.165) is 18.4 Å². The zero-order valence-corrected chi connectivity index (χ0v) is 13.1. The van der Waals surface area contributed by atoms with Crippen LogP contribution in [-0.4, -0.2) is 32.9 Å². The van der Waals surface area contributed by atoms with E-state index in [1.165, 1.54) is 0 Å². The normalized spacial score (nSPS) is 23.1. The molecule has 2 aromatic heterocycles. The third kappa shape index (κ3) is 2.69. The lowest BCUT2D eigenvalue weighted by Crippen LogP contribution is -2.34. The Labute approximate surface area is 140 Å². The molecule has 2 fully saturated rings. The topological polar surface area (TPSA) is 81.9 Å². The summed E-state index contributed by atoms with van der Waals surface area (Å²) in [6.07, 6.45) is 6.12. The maximum absolute atomic E-state index is 12.6. The molecular weight excluding hydrogens is 302 g/mol. The van der Waals surface area contributed by atoms with Gasteiger partial charge in [-0.05, 0) is 36.6 Å². The second kappa shape index (κ2) is 5.93. The van der Waals surface area contributed by atoms with Gasteiger partial charge in [-0.15, -0.1) is 0 Å². The Bertz CT molecular complexity index is 797. The molecule has 120 valence electrons. The average Bonchev–Trinajstić information content (AvgIpc) is 3.40. The van der Waals surface area contributed by atoms with Gasteiger partial charge in [0.1, 0.15) is 17.6 Å². The Balaban J connectivity index is 1.65. The highest BCUT2D eigenvalue weighted by molar-refractivity contribution is 5.82. The number of hydrogen-bond donors (Lipinski definition) is 1. The first-order valence-corrected chi connectivity index (χ1v) is 8.11. The zero-order chi connectivity index (χ0) is 16.5. The van der Waals surface area contributed by atoms with Gasteiger partial charge in [0.25, 0.3) is 0 Å². The molecular formula is C18H17N5O. The van der Waals surface area contributed by atoms with Crippen molar-refractivity contribution >= 4 is 11.7 Å². The number of rotatable bonds is 4.